The fraction of sp³-hybridized carbons (Fsp3) is 0.333. The average molecular weight is 304 g/mol. The SMILES string of the molecule is CCC(CNc1ccc(C)c(Cl)c1)Oc1ccc(C)cc1. The number of benzene rings is 2. The lowest BCUT2D eigenvalue weighted by Crippen LogP contribution is -2.25. The summed E-state index contributed by atoms with van der Waals surface area (Å²) >= 11 is 6.14. The highest BCUT2D eigenvalue weighted by Crippen LogP contribution is 2.20. The van der Waals surface area contributed by atoms with Crippen LogP contribution in [0.1, 0.15) is 24.5 Å². The largest absolute Gasteiger partial charge is 0.489 e. The van der Waals surface area contributed by atoms with Crippen LogP contribution in [-0.2, 0) is 0 Å². The number of aryl methyl sites for hydroxylation is 2. The van der Waals surface area contributed by atoms with Crippen molar-refractivity contribution >= 4 is 17.3 Å². The van der Waals surface area contributed by atoms with Gasteiger partial charge < -0.3 is 10.1 Å². The molecule has 2 aromatic carbocycles. The molecule has 2 aromatic rings. The molecule has 0 fully saturated rings. The van der Waals surface area contributed by atoms with Crippen LogP contribution in [0.15, 0.2) is 42.5 Å². The highest BCUT2D eigenvalue weighted by Gasteiger charge is 2.08. The Morgan fingerprint density at radius 3 is 2.43 bits per heavy atom. The molecule has 0 aliphatic carbocycles. The standard InChI is InChI=1S/C18H22ClNO/c1-4-16(21-17-9-5-13(2)6-10-17)12-20-15-8-7-14(3)18(19)11-15/h5-11,16,20H,4,12H2,1-3H3. The molecule has 112 valence electrons. The van der Waals surface area contributed by atoms with Gasteiger partial charge in [0.1, 0.15) is 11.9 Å². The Morgan fingerprint density at radius 1 is 1.10 bits per heavy atom. The molecule has 0 spiro atoms. The van der Waals surface area contributed by atoms with Crippen molar-refractivity contribution in [2.24, 2.45) is 0 Å². The quantitative estimate of drug-likeness (QED) is 0.789. The first kappa shape index (κ1) is 15.7. The third-order valence-electron chi connectivity index (χ3n) is 3.48. The van der Waals surface area contributed by atoms with Crippen molar-refractivity contribution in [2.75, 3.05) is 11.9 Å². The van der Waals surface area contributed by atoms with Crippen molar-refractivity contribution in [3.8, 4) is 5.75 Å². The van der Waals surface area contributed by atoms with E-state index in [1.807, 2.05) is 37.3 Å². The Morgan fingerprint density at radius 2 is 1.81 bits per heavy atom. The van der Waals surface area contributed by atoms with Gasteiger partial charge in [0.05, 0.1) is 6.54 Å². The molecule has 0 saturated carbocycles. The molecular formula is C18H22ClNO. The Bertz CT molecular complexity index is 580. The second-order valence-electron chi connectivity index (χ2n) is 5.31. The van der Waals surface area contributed by atoms with Gasteiger partial charge in [-0.15, -0.1) is 0 Å². The van der Waals surface area contributed by atoms with Crippen LogP contribution in [0.5, 0.6) is 5.75 Å². The van der Waals surface area contributed by atoms with Crippen molar-refractivity contribution in [2.45, 2.75) is 33.3 Å². The first-order valence-electron chi connectivity index (χ1n) is 7.32. The maximum absolute atomic E-state index is 6.14. The van der Waals surface area contributed by atoms with E-state index < -0.39 is 0 Å². The molecule has 0 aliphatic rings. The number of rotatable bonds is 6. The zero-order chi connectivity index (χ0) is 15.2. The van der Waals surface area contributed by atoms with E-state index in [0.717, 1.165) is 35.0 Å². The maximum atomic E-state index is 6.14. The van der Waals surface area contributed by atoms with Crippen LogP contribution in [0.25, 0.3) is 0 Å². The summed E-state index contributed by atoms with van der Waals surface area (Å²) in [5.74, 6) is 0.913. The lowest BCUT2D eigenvalue weighted by atomic mass is 10.2. The molecule has 0 saturated heterocycles. The minimum absolute atomic E-state index is 0.132. The van der Waals surface area contributed by atoms with Gasteiger partial charge >= 0.3 is 0 Å². The van der Waals surface area contributed by atoms with Gasteiger partial charge in [0.25, 0.3) is 0 Å². The summed E-state index contributed by atoms with van der Waals surface area (Å²) in [5.41, 5.74) is 3.35. The number of ether oxygens (including phenoxy) is 1. The summed E-state index contributed by atoms with van der Waals surface area (Å²) in [4.78, 5) is 0. The van der Waals surface area contributed by atoms with Crippen molar-refractivity contribution in [3.63, 3.8) is 0 Å². The van der Waals surface area contributed by atoms with Gasteiger partial charge in [-0.05, 0) is 50.1 Å². The molecule has 1 atom stereocenters. The van der Waals surface area contributed by atoms with E-state index >= 15 is 0 Å². The molecule has 1 unspecified atom stereocenters. The van der Waals surface area contributed by atoms with Gasteiger partial charge in [-0.2, -0.15) is 0 Å². The molecule has 0 radical (unpaired) electrons. The number of anilines is 1. The molecule has 21 heavy (non-hydrogen) atoms. The lowest BCUT2D eigenvalue weighted by molar-refractivity contribution is 0.210. The minimum atomic E-state index is 0.132. The van der Waals surface area contributed by atoms with Crippen molar-refractivity contribution < 1.29 is 4.74 Å². The first-order valence-corrected chi connectivity index (χ1v) is 7.69. The average Bonchev–Trinajstić information content (AvgIpc) is 2.49. The monoisotopic (exact) mass is 303 g/mol. The summed E-state index contributed by atoms with van der Waals surface area (Å²) in [6.45, 7) is 6.96. The molecule has 0 amide bonds. The summed E-state index contributed by atoms with van der Waals surface area (Å²) in [5, 5.41) is 4.17. The molecule has 2 rings (SSSR count). The van der Waals surface area contributed by atoms with Gasteiger partial charge in [-0.25, -0.2) is 0 Å². The van der Waals surface area contributed by atoms with Crippen LogP contribution < -0.4 is 10.1 Å². The van der Waals surface area contributed by atoms with Crippen LogP contribution in [0.2, 0.25) is 5.02 Å². The van der Waals surface area contributed by atoms with Gasteiger partial charge in [-0.3, -0.25) is 0 Å². The Labute approximate surface area is 132 Å². The van der Waals surface area contributed by atoms with E-state index in [-0.39, 0.29) is 6.10 Å². The van der Waals surface area contributed by atoms with Gasteiger partial charge in [0.2, 0.25) is 0 Å². The number of nitrogens with one attached hydrogen (secondary N) is 1. The van der Waals surface area contributed by atoms with Gasteiger partial charge in [0, 0.05) is 10.7 Å². The highest BCUT2D eigenvalue weighted by atomic mass is 35.5. The number of hydrogen-bond donors (Lipinski definition) is 1. The van der Waals surface area contributed by atoms with Crippen LogP contribution in [0.3, 0.4) is 0 Å². The fourth-order valence-electron chi connectivity index (χ4n) is 2.01. The van der Waals surface area contributed by atoms with Crippen LogP contribution in [-0.4, -0.2) is 12.6 Å². The van der Waals surface area contributed by atoms with Gasteiger partial charge in [0.15, 0.2) is 0 Å². The molecule has 0 heterocycles. The molecule has 3 heteroatoms. The molecular weight excluding hydrogens is 282 g/mol. The van der Waals surface area contributed by atoms with E-state index in [4.69, 9.17) is 16.3 Å². The zero-order valence-corrected chi connectivity index (χ0v) is 13.6. The first-order chi connectivity index (χ1) is 10.1. The maximum Gasteiger partial charge on any atom is 0.119 e. The molecule has 1 N–H and O–H groups in total. The highest BCUT2D eigenvalue weighted by molar-refractivity contribution is 6.31. The normalized spacial score (nSPS) is 12.0. The van der Waals surface area contributed by atoms with E-state index in [1.54, 1.807) is 0 Å². The molecule has 0 aromatic heterocycles. The smallest absolute Gasteiger partial charge is 0.119 e. The Balaban J connectivity index is 1.92. The molecule has 0 aliphatic heterocycles. The summed E-state index contributed by atoms with van der Waals surface area (Å²) in [6, 6.07) is 14.2. The predicted molar refractivity (Wildman–Crippen MR) is 90.6 cm³/mol. The summed E-state index contributed by atoms with van der Waals surface area (Å²) in [6.07, 6.45) is 1.08. The van der Waals surface area contributed by atoms with Crippen LogP contribution >= 0.6 is 11.6 Å². The lowest BCUT2D eigenvalue weighted by Gasteiger charge is -2.19. The zero-order valence-electron chi connectivity index (χ0n) is 12.8. The third kappa shape index (κ3) is 4.68. The van der Waals surface area contributed by atoms with Crippen LogP contribution in [0, 0.1) is 13.8 Å². The van der Waals surface area contributed by atoms with Gasteiger partial charge in [-0.1, -0.05) is 42.3 Å². The third-order valence-corrected chi connectivity index (χ3v) is 3.89. The van der Waals surface area contributed by atoms with E-state index in [2.05, 4.69) is 31.3 Å². The van der Waals surface area contributed by atoms with E-state index in [0.29, 0.717) is 0 Å². The topological polar surface area (TPSA) is 21.3 Å². The number of halogens is 1. The van der Waals surface area contributed by atoms with Crippen LogP contribution in [0.4, 0.5) is 5.69 Å². The number of hydrogen-bond acceptors (Lipinski definition) is 2. The second-order valence-corrected chi connectivity index (χ2v) is 5.71. The molecule has 2 nitrogen and oxygen atoms in total. The Hall–Kier alpha value is -1.67. The summed E-state index contributed by atoms with van der Waals surface area (Å²) in [7, 11) is 0. The van der Waals surface area contributed by atoms with Crippen molar-refractivity contribution in [1.82, 2.24) is 0 Å². The van der Waals surface area contributed by atoms with Crippen molar-refractivity contribution in [3.05, 3.63) is 58.6 Å². The second kappa shape index (κ2) is 7.37. The fourth-order valence-corrected chi connectivity index (χ4v) is 2.19. The van der Waals surface area contributed by atoms with E-state index in [9.17, 15) is 0 Å². The Kier molecular flexibility index (Phi) is 5.51. The molecule has 0 bridgehead atoms. The van der Waals surface area contributed by atoms with Crippen molar-refractivity contribution in [1.29, 1.82) is 0 Å². The summed E-state index contributed by atoms with van der Waals surface area (Å²) < 4.78 is 6.00. The predicted octanol–water partition coefficient (Wildman–Crippen LogP) is 5.23. The van der Waals surface area contributed by atoms with E-state index in [1.165, 1.54) is 5.56 Å². The minimum Gasteiger partial charge on any atom is -0.489 e.